The quantitative estimate of drug-likeness (QED) is 0.666. The molecule has 3 nitrogen and oxygen atoms in total. The summed E-state index contributed by atoms with van der Waals surface area (Å²) in [4.78, 5) is 4.78. The number of anilines is 1. The zero-order valence-electron chi connectivity index (χ0n) is 14.7. The number of rotatable bonds is 7. The summed E-state index contributed by atoms with van der Waals surface area (Å²) in [7, 11) is 1.95. The molecule has 2 aromatic rings. The van der Waals surface area contributed by atoms with Gasteiger partial charge < -0.3 is 9.88 Å². The van der Waals surface area contributed by atoms with Crippen LogP contribution in [-0.2, 0) is 6.54 Å². The molecule has 1 heterocycles. The van der Waals surface area contributed by atoms with Crippen molar-refractivity contribution in [2.45, 2.75) is 33.2 Å². The highest BCUT2D eigenvalue weighted by molar-refractivity contribution is 9.10. The van der Waals surface area contributed by atoms with E-state index >= 15 is 0 Å². The molecule has 0 spiro atoms. The molecule has 4 heteroatoms. The van der Waals surface area contributed by atoms with Crippen molar-refractivity contribution in [2.24, 2.45) is 4.99 Å². The van der Waals surface area contributed by atoms with Crippen molar-refractivity contribution in [1.82, 2.24) is 4.57 Å². The van der Waals surface area contributed by atoms with Gasteiger partial charge in [0, 0.05) is 30.5 Å². The molecule has 0 aliphatic heterocycles. The van der Waals surface area contributed by atoms with Gasteiger partial charge in [-0.3, -0.25) is 4.99 Å². The van der Waals surface area contributed by atoms with E-state index in [4.69, 9.17) is 4.99 Å². The van der Waals surface area contributed by atoms with Crippen molar-refractivity contribution >= 4 is 21.6 Å². The zero-order valence-corrected chi connectivity index (χ0v) is 16.3. The van der Waals surface area contributed by atoms with Gasteiger partial charge >= 0.3 is 0 Å². The van der Waals surface area contributed by atoms with E-state index in [0.29, 0.717) is 0 Å². The van der Waals surface area contributed by atoms with E-state index in [9.17, 15) is 0 Å². The first-order valence-electron chi connectivity index (χ1n) is 8.47. The largest absolute Gasteiger partial charge is 0.385 e. The molecule has 1 aromatic carbocycles. The van der Waals surface area contributed by atoms with Crippen molar-refractivity contribution < 1.29 is 0 Å². The third-order valence-electron chi connectivity index (χ3n) is 3.94. The maximum atomic E-state index is 4.78. The molecule has 128 valence electrons. The molecule has 0 aliphatic rings. The smallest absolute Gasteiger partial charge is 0.0839 e. The van der Waals surface area contributed by atoms with Crippen LogP contribution in [0, 0.1) is 0 Å². The summed E-state index contributed by atoms with van der Waals surface area (Å²) in [6.07, 6.45) is 8.62. The highest BCUT2D eigenvalue weighted by Gasteiger charge is 1.99. The summed E-state index contributed by atoms with van der Waals surface area (Å²) in [5.41, 5.74) is 3.72. The van der Waals surface area contributed by atoms with Gasteiger partial charge in [-0.15, -0.1) is 0 Å². The molecule has 0 fully saturated rings. The van der Waals surface area contributed by atoms with Gasteiger partial charge in [-0.05, 0) is 36.6 Å². The maximum absolute atomic E-state index is 4.78. The SMILES string of the molecule is CC/C=C(\CC)CN=c1ccn(Cc2ccc(Br)cc2)cc1NC. The van der Waals surface area contributed by atoms with E-state index in [0.717, 1.165) is 41.4 Å². The minimum absolute atomic E-state index is 0.774. The molecule has 0 radical (unpaired) electrons. The average molecular weight is 388 g/mol. The normalized spacial score (nSPS) is 12.5. The average Bonchev–Trinajstić information content (AvgIpc) is 2.61. The first kappa shape index (κ1) is 18.5. The van der Waals surface area contributed by atoms with E-state index in [2.05, 4.69) is 88.5 Å². The predicted molar refractivity (Wildman–Crippen MR) is 106 cm³/mol. The maximum Gasteiger partial charge on any atom is 0.0839 e. The van der Waals surface area contributed by atoms with Crippen molar-refractivity contribution in [2.75, 3.05) is 18.9 Å². The summed E-state index contributed by atoms with van der Waals surface area (Å²) in [6.45, 7) is 5.98. The zero-order chi connectivity index (χ0) is 17.4. The van der Waals surface area contributed by atoms with Crippen LogP contribution in [0.4, 0.5) is 5.69 Å². The summed E-state index contributed by atoms with van der Waals surface area (Å²) < 4.78 is 3.28. The molecule has 0 bridgehead atoms. The molecule has 0 saturated heterocycles. The monoisotopic (exact) mass is 387 g/mol. The van der Waals surface area contributed by atoms with Crippen molar-refractivity contribution in [3.05, 3.63) is 69.8 Å². The van der Waals surface area contributed by atoms with E-state index in [-0.39, 0.29) is 0 Å². The van der Waals surface area contributed by atoms with Gasteiger partial charge in [0.25, 0.3) is 0 Å². The van der Waals surface area contributed by atoms with Crippen molar-refractivity contribution in [3.63, 3.8) is 0 Å². The standard InChI is InChI=1S/C20H26BrN3/c1-4-6-16(5-2)13-23-19-11-12-24(15-20(19)22-3)14-17-7-9-18(21)10-8-17/h6-12,15,22H,4-5,13-14H2,1-3H3/b16-6+,23-19?. The molecule has 1 N–H and O–H groups in total. The molecule has 0 saturated carbocycles. The molecule has 0 unspecified atom stereocenters. The molecular formula is C20H26BrN3. The Morgan fingerprint density at radius 2 is 1.96 bits per heavy atom. The molecule has 2 rings (SSSR count). The Balaban J connectivity index is 2.20. The van der Waals surface area contributed by atoms with E-state index in [1.807, 2.05) is 7.05 Å². The fourth-order valence-corrected chi connectivity index (χ4v) is 2.82. The second kappa shape index (κ2) is 9.48. The number of halogens is 1. The summed E-state index contributed by atoms with van der Waals surface area (Å²) in [5.74, 6) is 0. The number of aromatic nitrogens is 1. The summed E-state index contributed by atoms with van der Waals surface area (Å²) in [6, 6.07) is 10.5. The first-order chi connectivity index (χ1) is 11.7. The Kier molecular flexibility index (Phi) is 7.32. The number of allylic oxidation sites excluding steroid dienone is 1. The fourth-order valence-electron chi connectivity index (χ4n) is 2.56. The van der Waals surface area contributed by atoms with Crippen LogP contribution in [-0.4, -0.2) is 18.2 Å². The van der Waals surface area contributed by atoms with Crippen LogP contribution in [0.1, 0.15) is 32.3 Å². The number of benzene rings is 1. The Morgan fingerprint density at radius 1 is 1.21 bits per heavy atom. The van der Waals surface area contributed by atoms with Crippen molar-refractivity contribution in [1.29, 1.82) is 0 Å². The molecule has 0 atom stereocenters. The molecule has 24 heavy (non-hydrogen) atoms. The molecule has 1 aromatic heterocycles. The summed E-state index contributed by atoms with van der Waals surface area (Å²) >= 11 is 3.48. The van der Waals surface area contributed by atoms with Crippen LogP contribution in [0.3, 0.4) is 0 Å². The van der Waals surface area contributed by atoms with Gasteiger partial charge in [0.15, 0.2) is 0 Å². The van der Waals surface area contributed by atoms with Gasteiger partial charge in [-0.25, -0.2) is 0 Å². The van der Waals surface area contributed by atoms with E-state index in [1.165, 1.54) is 11.1 Å². The third-order valence-corrected chi connectivity index (χ3v) is 4.47. The highest BCUT2D eigenvalue weighted by atomic mass is 79.9. The fraction of sp³-hybridized carbons (Fsp3) is 0.350. The van der Waals surface area contributed by atoms with Crippen LogP contribution in [0.15, 0.2) is 63.8 Å². The highest BCUT2D eigenvalue weighted by Crippen LogP contribution is 2.12. The van der Waals surface area contributed by atoms with Crippen LogP contribution in [0.5, 0.6) is 0 Å². The number of hydrogen-bond donors (Lipinski definition) is 1. The van der Waals surface area contributed by atoms with Crippen LogP contribution >= 0.6 is 15.9 Å². The number of nitrogens with zero attached hydrogens (tertiary/aromatic N) is 2. The minimum atomic E-state index is 0.774. The van der Waals surface area contributed by atoms with Crippen molar-refractivity contribution in [3.8, 4) is 0 Å². The lowest BCUT2D eigenvalue weighted by atomic mass is 10.2. The number of hydrogen-bond acceptors (Lipinski definition) is 2. The van der Waals surface area contributed by atoms with E-state index < -0.39 is 0 Å². The van der Waals surface area contributed by atoms with E-state index in [1.54, 1.807) is 0 Å². The van der Waals surface area contributed by atoms with Crippen LogP contribution in [0.2, 0.25) is 0 Å². The van der Waals surface area contributed by atoms with Gasteiger partial charge in [0.1, 0.15) is 0 Å². The topological polar surface area (TPSA) is 29.3 Å². The van der Waals surface area contributed by atoms with Gasteiger partial charge in [0.2, 0.25) is 0 Å². The lowest BCUT2D eigenvalue weighted by Gasteiger charge is -2.10. The van der Waals surface area contributed by atoms with Gasteiger partial charge in [-0.2, -0.15) is 0 Å². The molecular weight excluding hydrogens is 362 g/mol. The Morgan fingerprint density at radius 3 is 2.58 bits per heavy atom. The predicted octanol–water partition coefficient (Wildman–Crippen LogP) is 4.99. The Labute approximate surface area is 153 Å². The first-order valence-corrected chi connectivity index (χ1v) is 9.26. The lowest BCUT2D eigenvalue weighted by molar-refractivity contribution is 0.787. The van der Waals surface area contributed by atoms with Crippen LogP contribution in [0.25, 0.3) is 0 Å². The Bertz CT molecular complexity index is 742. The van der Waals surface area contributed by atoms with Gasteiger partial charge in [0.05, 0.1) is 17.6 Å². The Hall–Kier alpha value is -1.81. The molecule has 0 aliphatic carbocycles. The minimum Gasteiger partial charge on any atom is -0.385 e. The second-order valence-corrected chi connectivity index (χ2v) is 6.65. The summed E-state index contributed by atoms with van der Waals surface area (Å²) in [5, 5.41) is 4.28. The second-order valence-electron chi connectivity index (χ2n) is 5.73. The van der Waals surface area contributed by atoms with Gasteiger partial charge in [-0.1, -0.05) is 53.6 Å². The van der Waals surface area contributed by atoms with Crippen LogP contribution < -0.4 is 10.7 Å². The number of nitrogens with one attached hydrogen (secondary N) is 1. The number of pyridine rings is 1. The molecule has 0 amide bonds. The lowest BCUT2D eigenvalue weighted by Crippen LogP contribution is -2.14. The third kappa shape index (κ3) is 5.38.